The number of hydrogen-bond donors (Lipinski definition) is 2. The highest BCUT2D eigenvalue weighted by atomic mass is 19.4. The van der Waals surface area contributed by atoms with Crippen LogP contribution in [0.5, 0.6) is 0 Å². The number of hydrogen-bond acceptors (Lipinski definition) is 3. The fourth-order valence-corrected chi connectivity index (χ4v) is 2.65. The second-order valence-electron chi connectivity index (χ2n) is 5.30. The number of anilines is 1. The van der Waals surface area contributed by atoms with Crippen LogP contribution in [-0.4, -0.2) is 30.3 Å². The zero-order valence-electron chi connectivity index (χ0n) is 11.7. The van der Waals surface area contributed by atoms with Crippen LogP contribution in [0.4, 0.5) is 18.9 Å². The van der Waals surface area contributed by atoms with Gasteiger partial charge in [0.15, 0.2) is 5.84 Å². The van der Waals surface area contributed by atoms with E-state index < -0.39 is 17.9 Å². The summed E-state index contributed by atoms with van der Waals surface area (Å²) in [6.07, 6.45) is -2.90. The van der Waals surface area contributed by atoms with Crippen molar-refractivity contribution in [1.82, 2.24) is 0 Å². The van der Waals surface area contributed by atoms with Crippen molar-refractivity contribution in [2.75, 3.05) is 18.0 Å². The first kappa shape index (κ1) is 15.5. The molecule has 1 atom stereocenters. The van der Waals surface area contributed by atoms with E-state index in [1.165, 1.54) is 0 Å². The Hall–Kier alpha value is -1.92. The van der Waals surface area contributed by atoms with Crippen molar-refractivity contribution in [3.63, 3.8) is 0 Å². The number of rotatable bonds is 3. The van der Waals surface area contributed by atoms with Gasteiger partial charge in [-0.1, -0.05) is 22.9 Å². The first-order valence-corrected chi connectivity index (χ1v) is 6.71. The maximum Gasteiger partial charge on any atom is 0.400 e. The van der Waals surface area contributed by atoms with Gasteiger partial charge in [-0.3, -0.25) is 0 Å². The van der Waals surface area contributed by atoms with Crippen LogP contribution in [-0.2, 0) is 6.42 Å². The van der Waals surface area contributed by atoms with Crippen LogP contribution in [0.2, 0.25) is 0 Å². The molecule has 7 heteroatoms. The Labute approximate surface area is 121 Å². The molecule has 2 rings (SSSR count). The molecule has 4 nitrogen and oxygen atoms in total. The number of nitrogens with two attached hydrogens (primary N) is 1. The van der Waals surface area contributed by atoms with Crippen LogP contribution in [0.1, 0.15) is 17.5 Å². The Morgan fingerprint density at radius 2 is 2.19 bits per heavy atom. The van der Waals surface area contributed by atoms with E-state index in [0.29, 0.717) is 6.54 Å². The largest absolute Gasteiger partial charge is 0.409 e. The highest BCUT2D eigenvalue weighted by molar-refractivity contribution is 5.83. The lowest BCUT2D eigenvalue weighted by Gasteiger charge is -2.34. The van der Waals surface area contributed by atoms with Crippen molar-refractivity contribution in [2.24, 2.45) is 16.8 Å². The number of aryl methyl sites for hydroxylation is 2. The van der Waals surface area contributed by atoms with Gasteiger partial charge in [0.05, 0.1) is 0 Å². The normalized spacial score (nSPS) is 17.5. The highest BCUT2D eigenvalue weighted by Crippen LogP contribution is 2.32. The number of benzene rings is 1. The fourth-order valence-electron chi connectivity index (χ4n) is 2.65. The van der Waals surface area contributed by atoms with Crippen molar-refractivity contribution in [2.45, 2.75) is 25.9 Å². The Bertz CT molecular complexity index is 543. The van der Waals surface area contributed by atoms with Crippen molar-refractivity contribution >= 4 is 11.5 Å². The van der Waals surface area contributed by atoms with E-state index >= 15 is 0 Å². The van der Waals surface area contributed by atoms with Gasteiger partial charge in [0.1, 0.15) is 5.92 Å². The topological polar surface area (TPSA) is 61.8 Å². The summed E-state index contributed by atoms with van der Waals surface area (Å²) < 4.78 is 39.2. The molecular formula is C14H18F3N3O. The van der Waals surface area contributed by atoms with Gasteiger partial charge in [-0.2, -0.15) is 13.2 Å². The van der Waals surface area contributed by atoms with Crippen LogP contribution in [0.3, 0.4) is 0 Å². The third-order valence-electron chi connectivity index (χ3n) is 3.72. The lowest BCUT2D eigenvalue weighted by molar-refractivity contribution is -0.153. The maximum absolute atomic E-state index is 13.1. The van der Waals surface area contributed by atoms with Gasteiger partial charge < -0.3 is 15.8 Å². The second kappa shape index (κ2) is 5.83. The van der Waals surface area contributed by atoms with E-state index in [0.717, 1.165) is 29.7 Å². The minimum absolute atomic E-state index is 0.338. The molecule has 0 aliphatic carbocycles. The van der Waals surface area contributed by atoms with Gasteiger partial charge in [0.25, 0.3) is 0 Å². The van der Waals surface area contributed by atoms with Gasteiger partial charge in [0.2, 0.25) is 0 Å². The quantitative estimate of drug-likeness (QED) is 0.390. The van der Waals surface area contributed by atoms with Crippen LogP contribution in [0.25, 0.3) is 0 Å². The van der Waals surface area contributed by atoms with Crippen molar-refractivity contribution in [3.8, 4) is 0 Å². The summed E-state index contributed by atoms with van der Waals surface area (Å²) in [4.78, 5) is 1.66. The molecule has 0 saturated heterocycles. The molecule has 1 aromatic carbocycles. The summed E-state index contributed by atoms with van der Waals surface area (Å²) >= 11 is 0. The number of fused-ring (bicyclic) bond motifs is 1. The van der Waals surface area contributed by atoms with Gasteiger partial charge >= 0.3 is 6.18 Å². The van der Waals surface area contributed by atoms with Crippen LogP contribution in [0.15, 0.2) is 23.4 Å². The van der Waals surface area contributed by atoms with Gasteiger partial charge in [-0.15, -0.1) is 0 Å². The number of oxime groups is 1. The Morgan fingerprint density at radius 3 is 2.81 bits per heavy atom. The molecule has 0 aromatic heterocycles. The average Bonchev–Trinajstić information content (AvgIpc) is 2.42. The van der Waals surface area contributed by atoms with Crippen molar-refractivity contribution in [3.05, 3.63) is 29.3 Å². The zero-order chi connectivity index (χ0) is 15.6. The Kier molecular flexibility index (Phi) is 4.29. The molecule has 21 heavy (non-hydrogen) atoms. The van der Waals surface area contributed by atoms with Crippen LogP contribution < -0.4 is 10.6 Å². The Morgan fingerprint density at radius 1 is 1.48 bits per heavy atom. The molecule has 0 fully saturated rings. The van der Waals surface area contributed by atoms with Crippen LogP contribution >= 0.6 is 0 Å². The number of halogens is 3. The predicted molar refractivity (Wildman–Crippen MR) is 74.7 cm³/mol. The van der Waals surface area contributed by atoms with E-state index in [-0.39, 0.29) is 6.54 Å². The van der Waals surface area contributed by atoms with Crippen LogP contribution in [0, 0.1) is 12.8 Å². The predicted octanol–water partition coefficient (Wildman–Crippen LogP) is 2.67. The molecule has 1 aromatic rings. The van der Waals surface area contributed by atoms with Crippen molar-refractivity contribution in [1.29, 1.82) is 0 Å². The molecule has 1 unspecified atom stereocenters. The van der Waals surface area contributed by atoms with Gasteiger partial charge in [0, 0.05) is 18.8 Å². The van der Waals surface area contributed by atoms with Crippen molar-refractivity contribution < 1.29 is 18.4 Å². The number of amidine groups is 1. The summed E-state index contributed by atoms with van der Waals surface area (Å²) in [5.74, 6) is -2.78. The first-order valence-electron chi connectivity index (χ1n) is 6.71. The smallest absolute Gasteiger partial charge is 0.400 e. The minimum Gasteiger partial charge on any atom is -0.409 e. The second-order valence-corrected chi connectivity index (χ2v) is 5.30. The summed E-state index contributed by atoms with van der Waals surface area (Å²) in [6, 6.07) is 5.71. The molecule has 0 spiro atoms. The zero-order valence-corrected chi connectivity index (χ0v) is 11.7. The third kappa shape index (κ3) is 3.40. The SMILES string of the molecule is Cc1ccc2c(c1)CCCN2CC(/C(N)=N/O)C(F)(F)F. The lowest BCUT2D eigenvalue weighted by Crippen LogP contribution is -2.45. The Balaban J connectivity index is 2.27. The minimum atomic E-state index is -4.54. The van der Waals surface area contributed by atoms with E-state index in [9.17, 15) is 13.2 Å². The molecule has 0 radical (unpaired) electrons. The summed E-state index contributed by atoms with van der Waals surface area (Å²) in [5, 5.41) is 11.1. The van der Waals surface area contributed by atoms with Gasteiger partial charge in [-0.25, -0.2) is 0 Å². The summed E-state index contributed by atoms with van der Waals surface area (Å²) in [7, 11) is 0. The summed E-state index contributed by atoms with van der Waals surface area (Å²) in [6.45, 7) is 2.14. The molecule has 1 aliphatic heterocycles. The molecule has 0 amide bonds. The summed E-state index contributed by atoms with van der Waals surface area (Å²) in [5.41, 5.74) is 8.14. The number of nitrogens with zero attached hydrogens (tertiary/aromatic N) is 2. The molecular weight excluding hydrogens is 283 g/mol. The first-order chi connectivity index (χ1) is 9.82. The standard InChI is InChI=1S/C14H18F3N3O/c1-9-4-5-12-10(7-9)3-2-6-20(12)8-11(13(18)19-21)14(15,16)17/h4-5,7,11,21H,2-3,6,8H2,1H3,(H2,18,19). The van der Waals surface area contributed by atoms with E-state index in [1.807, 2.05) is 25.1 Å². The number of alkyl halides is 3. The molecule has 116 valence electrons. The van der Waals surface area contributed by atoms with E-state index in [4.69, 9.17) is 10.9 Å². The lowest BCUT2D eigenvalue weighted by atomic mass is 9.97. The molecule has 1 aliphatic rings. The average molecular weight is 301 g/mol. The van der Waals surface area contributed by atoms with E-state index in [2.05, 4.69) is 5.16 Å². The molecule has 0 saturated carbocycles. The monoisotopic (exact) mass is 301 g/mol. The molecule has 3 N–H and O–H groups in total. The van der Waals surface area contributed by atoms with E-state index in [1.54, 1.807) is 4.90 Å². The third-order valence-corrected chi connectivity index (χ3v) is 3.72. The highest BCUT2D eigenvalue weighted by Gasteiger charge is 2.44. The van der Waals surface area contributed by atoms with Gasteiger partial charge in [-0.05, 0) is 31.4 Å². The fraction of sp³-hybridized carbons (Fsp3) is 0.500. The maximum atomic E-state index is 13.1. The molecule has 0 bridgehead atoms. The molecule has 1 heterocycles.